The average molecular weight is 458 g/mol. The van der Waals surface area contributed by atoms with E-state index in [4.69, 9.17) is 0 Å². The Morgan fingerprint density at radius 1 is 1.00 bits per heavy atom. The second kappa shape index (κ2) is 10.1. The summed E-state index contributed by atoms with van der Waals surface area (Å²) in [6.07, 6.45) is 1.30. The molecule has 176 valence electrons. The van der Waals surface area contributed by atoms with Crippen molar-refractivity contribution in [3.05, 3.63) is 77.4 Å². The number of aryl methyl sites for hydroxylation is 1. The third-order valence-corrected chi connectivity index (χ3v) is 6.35. The molecule has 1 unspecified atom stereocenters. The zero-order valence-corrected chi connectivity index (χ0v) is 20.0. The van der Waals surface area contributed by atoms with E-state index in [0.29, 0.717) is 25.1 Å². The normalized spacial score (nSPS) is 13.3. The van der Waals surface area contributed by atoms with Crippen LogP contribution in [0.2, 0.25) is 0 Å². The summed E-state index contributed by atoms with van der Waals surface area (Å²) in [7, 11) is 0. The van der Waals surface area contributed by atoms with Crippen molar-refractivity contribution in [1.29, 1.82) is 0 Å². The lowest BCUT2D eigenvalue weighted by Gasteiger charge is -2.32. The molecule has 34 heavy (non-hydrogen) atoms. The summed E-state index contributed by atoms with van der Waals surface area (Å²) in [5.41, 5.74) is 3.42. The molecule has 6 heteroatoms. The third-order valence-electron chi connectivity index (χ3n) is 6.35. The zero-order valence-electron chi connectivity index (χ0n) is 20.0. The quantitative estimate of drug-likeness (QED) is 0.516. The molecule has 6 nitrogen and oxygen atoms in total. The summed E-state index contributed by atoms with van der Waals surface area (Å²) < 4.78 is 0. The zero-order chi connectivity index (χ0) is 24.2. The van der Waals surface area contributed by atoms with E-state index >= 15 is 0 Å². The first kappa shape index (κ1) is 23.5. The van der Waals surface area contributed by atoms with Crippen LogP contribution in [-0.2, 0) is 16.1 Å². The fraction of sp³-hybridized carbons (Fsp3) is 0.321. The van der Waals surface area contributed by atoms with Crippen molar-refractivity contribution in [1.82, 2.24) is 10.2 Å². The van der Waals surface area contributed by atoms with Crippen molar-refractivity contribution in [2.24, 2.45) is 0 Å². The molecule has 0 aliphatic carbocycles. The van der Waals surface area contributed by atoms with E-state index in [2.05, 4.69) is 5.32 Å². The molecule has 1 atom stereocenters. The monoisotopic (exact) mass is 457 g/mol. The average Bonchev–Trinajstić information content (AvgIpc) is 3.11. The van der Waals surface area contributed by atoms with E-state index in [1.807, 2.05) is 75.4 Å². The molecule has 3 aromatic carbocycles. The van der Waals surface area contributed by atoms with Crippen molar-refractivity contribution in [3.63, 3.8) is 0 Å². The number of carbonyl (C=O) groups excluding carboxylic acids is 3. The van der Waals surface area contributed by atoms with Crippen molar-refractivity contribution in [3.8, 4) is 0 Å². The van der Waals surface area contributed by atoms with Gasteiger partial charge in [0.15, 0.2) is 0 Å². The lowest BCUT2D eigenvalue weighted by atomic mass is 10.1. The molecular weight excluding hydrogens is 426 g/mol. The minimum absolute atomic E-state index is 0.115. The van der Waals surface area contributed by atoms with Gasteiger partial charge < -0.3 is 10.2 Å². The highest BCUT2D eigenvalue weighted by molar-refractivity contribution is 6.26. The fourth-order valence-corrected chi connectivity index (χ4v) is 4.54. The number of rotatable bonds is 9. The molecule has 1 aliphatic heterocycles. The number of carbonyl (C=O) groups is 3. The van der Waals surface area contributed by atoms with Crippen molar-refractivity contribution >= 4 is 34.2 Å². The molecule has 1 N–H and O–H groups in total. The second-order valence-electron chi connectivity index (χ2n) is 8.79. The molecule has 3 amide bonds. The summed E-state index contributed by atoms with van der Waals surface area (Å²) in [6, 6.07) is 18.7. The lowest BCUT2D eigenvalue weighted by Crippen LogP contribution is -2.52. The predicted molar refractivity (Wildman–Crippen MR) is 135 cm³/mol. The Morgan fingerprint density at radius 2 is 1.71 bits per heavy atom. The van der Waals surface area contributed by atoms with Gasteiger partial charge in [-0.25, -0.2) is 0 Å². The van der Waals surface area contributed by atoms with Crippen molar-refractivity contribution < 1.29 is 14.4 Å². The van der Waals surface area contributed by atoms with Gasteiger partial charge in [-0.3, -0.25) is 19.3 Å². The van der Waals surface area contributed by atoms with E-state index in [1.54, 1.807) is 15.9 Å². The third kappa shape index (κ3) is 4.53. The first-order valence-corrected chi connectivity index (χ1v) is 11.9. The summed E-state index contributed by atoms with van der Waals surface area (Å²) in [5.74, 6) is -0.598. The molecule has 0 bridgehead atoms. The first-order chi connectivity index (χ1) is 16.4. The summed E-state index contributed by atoms with van der Waals surface area (Å²) in [6.45, 7) is 6.66. The van der Waals surface area contributed by atoms with Gasteiger partial charge in [0.25, 0.3) is 5.91 Å². The number of hydrogen-bond donors (Lipinski definition) is 1. The predicted octanol–water partition coefficient (Wildman–Crippen LogP) is 4.44. The number of hydrogen-bond acceptors (Lipinski definition) is 3. The van der Waals surface area contributed by atoms with Crippen molar-refractivity contribution in [2.75, 3.05) is 18.0 Å². The van der Waals surface area contributed by atoms with Gasteiger partial charge in [0.1, 0.15) is 12.6 Å². The minimum atomic E-state index is -0.615. The molecule has 0 fully saturated rings. The number of amides is 3. The number of nitrogens with zero attached hydrogens (tertiary/aromatic N) is 2. The molecule has 0 saturated heterocycles. The van der Waals surface area contributed by atoms with Gasteiger partial charge >= 0.3 is 0 Å². The number of nitrogens with one attached hydrogen (secondary N) is 1. The lowest BCUT2D eigenvalue weighted by molar-refractivity contribution is -0.140. The molecule has 0 radical (unpaired) electrons. The standard InChI is InChI=1S/C28H31N3O3/c1-4-16-29-27(33)23(5-2)30(17-20-14-12-19(3)13-15-20)25(32)18-31-24-11-7-9-21-8-6-10-22(26(21)24)28(31)34/h6-15,23H,4-5,16-18H2,1-3H3,(H,29,33). The highest BCUT2D eigenvalue weighted by atomic mass is 16.2. The van der Waals surface area contributed by atoms with Gasteiger partial charge in [-0.15, -0.1) is 0 Å². The topological polar surface area (TPSA) is 69.7 Å². The van der Waals surface area contributed by atoms with Gasteiger partial charge in [-0.05, 0) is 42.8 Å². The van der Waals surface area contributed by atoms with Crippen LogP contribution in [0.4, 0.5) is 5.69 Å². The number of anilines is 1. The van der Waals surface area contributed by atoms with Crippen LogP contribution < -0.4 is 10.2 Å². The molecule has 1 aliphatic rings. The van der Waals surface area contributed by atoms with Gasteiger partial charge in [0.2, 0.25) is 11.8 Å². The maximum atomic E-state index is 13.7. The van der Waals surface area contributed by atoms with Crippen LogP contribution in [0.5, 0.6) is 0 Å². The van der Waals surface area contributed by atoms with Crippen LogP contribution in [0.15, 0.2) is 60.7 Å². The van der Waals surface area contributed by atoms with Crippen LogP contribution in [-0.4, -0.2) is 41.8 Å². The summed E-state index contributed by atoms with van der Waals surface area (Å²) in [4.78, 5) is 43.1. The Labute approximate surface area is 200 Å². The van der Waals surface area contributed by atoms with Crippen LogP contribution >= 0.6 is 0 Å². The maximum Gasteiger partial charge on any atom is 0.259 e. The van der Waals surface area contributed by atoms with E-state index < -0.39 is 6.04 Å². The Balaban J connectivity index is 1.64. The Hall–Kier alpha value is -3.67. The Bertz CT molecular complexity index is 1210. The highest BCUT2D eigenvalue weighted by Crippen LogP contribution is 2.37. The molecule has 3 aromatic rings. The summed E-state index contributed by atoms with van der Waals surface area (Å²) in [5, 5.41) is 4.78. The molecule has 0 aromatic heterocycles. The van der Waals surface area contributed by atoms with Crippen LogP contribution in [0.1, 0.15) is 48.2 Å². The SMILES string of the molecule is CCCNC(=O)C(CC)N(Cc1ccc(C)cc1)C(=O)CN1C(=O)c2cccc3cccc1c23. The van der Waals surface area contributed by atoms with E-state index in [9.17, 15) is 14.4 Å². The van der Waals surface area contributed by atoms with Crippen LogP contribution in [0.3, 0.4) is 0 Å². The fourth-order valence-electron chi connectivity index (χ4n) is 4.54. The second-order valence-corrected chi connectivity index (χ2v) is 8.79. The van der Waals surface area contributed by atoms with E-state index in [0.717, 1.165) is 34.0 Å². The van der Waals surface area contributed by atoms with E-state index in [-0.39, 0.29) is 24.3 Å². The molecule has 0 saturated carbocycles. The molecule has 4 rings (SSSR count). The molecule has 0 spiro atoms. The number of benzene rings is 3. The van der Waals surface area contributed by atoms with Gasteiger partial charge in [0.05, 0.1) is 5.69 Å². The highest BCUT2D eigenvalue weighted by Gasteiger charge is 2.35. The van der Waals surface area contributed by atoms with Gasteiger partial charge in [0, 0.05) is 24.0 Å². The molecule has 1 heterocycles. The van der Waals surface area contributed by atoms with Crippen LogP contribution in [0.25, 0.3) is 10.8 Å². The maximum absolute atomic E-state index is 13.7. The summed E-state index contributed by atoms with van der Waals surface area (Å²) >= 11 is 0. The first-order valence-electron chi connectivity index (χ1n) is 11.9. The van der Waals surface area contributed by atoms with Crippen LogP contribution in [0, 0.1) is 6.92 Å². The minimum Gasteiger partial charge on any atom is -0.354 e. The Kier molecular flexibility index (Phi) is 6.96. The Morgan fingerprint density at radius 3 is 2.38 bits per heavy atom. The smallest absolute Gasteiger partial charge is 0.259 e. The van der Waals surface area contributed by atoms with Gasteiger partial charge in [-0.2, -0.15) is 0 Å². The largest absolute Gasteiger partial charge is 0.354 e. The molecular formula is C28H31N3O3. The van der Waals surface area contributed by atoms with E-state index in [1.165, 1.54) is 0 Å². The van der Waals surface area contributed by atoms with Crippen molar-refractivity contribution in [2.45, 2.75) is 46.2 Å². The van der Waals surface area contributed by atoms with Gasteiger partial charge in [-0.1, -0.05) is 67.9 Å².